The smallest absolute Gasteiger partial charge is 0.257 e. The molecule has 3 aromatic rings. The van der Waals surface area contributed by atoms with Crippen LogP contribution in [0.5, 0.6) is 0 Å². The third-order valence-corrected chi connectivity index (χ3v) is 9.29. The first kappa shape index (κ1) is 28.3. The first-order valence-corrected chi connectivity index (χ1v) is 15.5. The van der Waals surface area contributed by atoms with Gasteiger partial charge in [-0.25, -0.2) is 4.39 Å². The highest BCUT2D eigenvalue weighted by Gasteiger charge is 2.40. The third-order valence-electron chi connectivity index (χ3n) is 9.29. The number of anilines is 3. The van der Waals surface area contributed by atoms with E-state index in [1.807, 2.05) is 6.07 Å². The van der Waals surface area contributed by atoms with Gasteiger partial charge in [0, 0.05) is 49.8 Å². The molecule has 3 fully saturated rings. The fraction of sp³-hybridized carbons (Fsp3) is 0.429. The first-order chi connectivity index (χ1) is 20.4. The Morgan fingerprint density at radius 2 is 1.48 bits per heavy atom. The molecule has 3 heterocycles. The molecule has 0 saturated carbocycles. The monoisotopic (exact) mass is 568 g/mol. The van der Waals surface area contributed by atoms with Crippen LogP contribution < -0.4 is 15.1 Å². The fourth-order valence-electron chi connectivity index (χ4n) is 7.04. The van der Waals surface area contributed by atoms with Crippen molar-refractivity contribution < 1.29 is 14.0 Å². The van der Waals surface area contributed by atoms with Gasteiger partial charge in [0.2, 0.25) is 5.91 Å². The van der Waals surface area contributed by atoms with E-state index in [9.17, 15) is 9.59 Å². The number of likely N-dealkylation sites (tertiary alicyclic amines) is 1. The molecule has 3 aromatic carbocycles. The Morgan fingerprint density at radius 3 is 2.17 bits per heavy atom. The number of halogens is 1. The molecule has 7 heteroatoms. The Labute approximate surface area is 248 Å². The number of carbonyl (C=O) groups is 2. The van der Waals surface area contributed by atoms with Crippen LogP contribution in [0, 0.1) is 25.6 Å². The van der Waals surface area contributed by atoms with Crippen molar-refractivity contribution in [2.45, 2.75) is 58.4 Å². The van der Waals surface area contributed by atoms with E-state index in [1.165, 1.54) is 37.3 Å². The van der Waals surface area contributed by atoms with Crippen molar-refractivity contribution in [3.8, 4) is 0 Å². The molecule has 6 rings (SSSR count). The Morgan fingerprint density at radius 1 is 0.786 bits per heavy atom. The molecule has 3 aliphatic rings. The largest absolute Gasteiger partial charge is 0.372 e. The van der Waals surface area contributed by atoms with E-state index in [0.29, 0.717) is 24.9 Å². The lowest BCUT2D eigenvalue weighted by Crippen LogP contribution is -2.46. The van der Waals surface area contributed by atoms with Crippen LogP contribution in [0.1, 0.15) is 71.6 Å². The second-order valence-corrected chi connectivity index (χ2v) is 12.1. The summed E-state index contributed by atoms with van der Waals surface area (Å²) in [5.41, 5.74) is 5.88. The molecule has 2 atom stereocenters. The first-order valence-electron chi connectivity index (χ1n) is 15.5. The Hall–Kier alpha value is -3.87. The predicted molar refractivity (Wildman–Crippen MR) is 167 cm³/mol. The third kappa shape index (κ3) is 5.61. The van der Waals surface area contributed by atoms with Gasteiger partial charge in [0.05, 0.1) is 17.5 Å². The number of piperidine rings is 1. The van der Waals surface area contributed by atoms with Crippen LogP contribution in [0.3, 0.4) is 0 Å². The maximum absolute atomic E-state index is 15.0. The van der Waals surface area contributed by atoms with Crippen LogP contribution >= 0.6 is 0 Å². The molecule has 0 spiro atoms. The predicted octanol–water partition coefficient (Wildman–Crippen LogP) is 6.88. The minimum atomic E-state index is -0.524. The molecular weight excluding hydrogens is 527 g/mol. The molecule has 42 heavy (non-hydrogen) atoms. The van der Waals surface area contributed by atoms with E-state index in [4.69, 9.17) is 0 Å². The van der Waals surface area contributed by atoms with Gasteiger partial charge in [-0.3, -0.25) is 9.59 Å². The summed E-state index contributed by atoms with van der Waals surface area (Å²) in [6.45, 7) is 8.49. The molecule has 6 nitrogen and oxygen atoms in total. The molecule has 1 N–H and O–H groups in total. The number of aryl methyl sites for hydroxylation is 2. The Balaban J connectivity index is 1.32. The number of nitrogens with zero attached hydrogens (tertiary/aromatic N) is 3. The van der Waals surface area contributed by atoms with Crippen LogP contribution in [0.15, 0.2) is 60.7 Å². The van der Waals surface area contributed by atoms with Gasteiger partial charge in [0.25, 0.3) is 5.91 Å². The van der Waals surface area contributed by atoms with Crippen molar-refractivity contribution in [1.29, 1.82) is 0 Å². The van der Waals surface area contributed by atoms with E-state index >= 15 is 4.39 Å². The van der Waals surface area contributed by atoms with Crippen LogP contribution in [0.4, 0.5) is 21.5 Å². The number of rotatable bonds is 6. The van der Waals surface area contributed by atoms with Gasteiger partial charge in [-0.05, 0) is 99.4 Å². The Bertz CT molecular complexity index is 1420. The fourth-order valence-corrected chi connectivity index (χ4v) is 7.04. The second-order valence-electron chi connectivity index (χ2n) is 12.1. The van der Waals surface area contributed by atoms with Crippen LogP contribution in [-0.2, 0) is 4.79 Å². The van der Waals surface area contributed by atoms with Crippen molar-refractivity contribution in [3.63, 3.8) is 0 Å². The van der Waals surface area contributed by atoms with Crippen molar-refractivity contribution in [2.24, 2.45) is 5.92 Å². The quantitative estimate of drug-likeness (QED) is 0.352. The van der Waals surface area contributed by atoms with E-state index in [-0.39, 0.29) is 17.4 Å². The number of nitrogens with one attached hydrogen (secondary N) is 1. The Kier molecular flexibility index (Phi) is 8.18. The molecule has 0 radical (unpaired) electrons. The summed E-state index contributed by atoms with van der Waals surface area (Å²) in [4.78, 5) is 34.5. The van der Waals surface area contributed by atoms with E-state index in [2.05, 4.69) is 58.4 Å². The van der Waals surface area contributed by atoms with Crippen LogP contribution in [0.2, 0.25) is 0 Å². The average Bonchev–Trinajstić information content (AvgIpc) is 3.73. The molecule has 3 aliphatic heterocycles. The molecule has 0 aliphatic carbocycles. The van der Waals surface area contributed by atoms with Gasteiger partial charge in [-0.1, -0.05) is 30.3 Å². The van der Waals surface area contributed by atoms with E-state index in [0.717, 1.165) is 48.8 Å². The molecule has 1 unspecified atom stereocenters. The van der Waals surface area contributed by atoms with Crippen molar-refractivity contribution in [1.82, 2.24) is 4.90 Å². The molecular formula is C35H41FN4O2. The molecule has 3 saturated heterocycles. The maximum atomic E-state index is 15.0. The normalized spacial score (nSPS) is 20.7. The number of benzene rings is 3. The minimum absolute atomic E-state index is 0.0889. The zero-order valence-corrected chi connectivity index (χ0v) is 24.7. The van der Waals surface area contributed by atoms with Crippen LogP contribution in [-0.4, -0.2) is 49.4 Å². The molecule has 220 valence electrons. The van der Waals surface area contributed by atoms with Crippen molar-refractivity contribution in [2.75, 3.05) is 47.8 Å². The summed E-state index contributed by atoms with van der Waals surface area (Å²) < 4.78 is 15.0. The molecule has 0 aromatic heterocycles. The molecule has 0 bridgehead atoms. The van der Waals surface area contributed by atoms with Gasteiger partial charge in [-0.15, -0.1) is 0 Å². The van der Waals surface area contributed by atoms with Crippen molar-refractivity contribution in [3.05, 3.63) is 88.7 Å². The van der Waals surface area contributed by atoms with Crippen LogP contribution in [0.25, 0.3) is 0 Å². The minimum Gasteiger partial charge on any atom is -0.372 e. The van der Waals surface area contributed by atoms with Crippen molar-refractivity contribution >= 4 is 28.9 Å². The summed E-state index contributed by atoms with van der Waals surface area (Å²) in [5, 5.41) is 3.19. The summed E-state index contributed by atoms with van der Waals surface area (Å²) in [7, 11) is 0. The number of hydrogen-bond acceptors (Lipinski definition) is 4. The topological polar surface area (TPSA) is 55.9 Å². The van der Waals surface area contributed by atoms with E-state index < -0.39 is 17.8 Å². The summed E-state index contributed by atoms with van der Waals surface area (Å²) in [6, 6.07) is 18.6. The highest BCUT2D eigenvalue weighted by molar-refractivity contribution is 5.98. The summed E-state index contributed by atoms with van der Waals surface area (Å²) in [5.74, 6) is -1.46. The maximum Gasteiger partial charge on any atom is 0.257 e. The summed E-state index contributed by atoms with van der Waals surface area (Å²) in [6.07, 6.45) is 6.07. The highest BCUT2D eigenvalue weighted by atomic mass is 19.1. The average molecular weight is 569 g/mol. The zero-order chi connectivity index (χ0) is 29.2. The molecule has 2 amide bonds. The van der Waals surface area contributed by atoms with Gasteiger partial charge in [-0.2, -0.15) is 0 Å². The number of carbonyl (C=O) groups excluding carboxylic acids is 2. The van der Waals surface area contributed by atoms with Gasteiger partial charge in [0.15, 0.2) is 0 Å². The van der Waals surface area contributed by atoms with Gasteiger partial charge < -0.3 is 20.0 Å². The van der Waals surface area contributed by atoms with Gasteiger partial charge in [0.1, 0.15) is 5.82 Å². The summed E-state index contributed by atoms with van der Waals surface area (Å²) >= 11 is 0. The highest BCUT2D eigenvalue weighted by Crippen LogP contribution is 2.39. The number of amides is 2. The number of hydrogen-bond donors (Lipinski definition) is 1. The van der Waals surface area contributed by atoms with E-state index in [1.54, 1.807) is 24.0 Å². The lowest BCUT2D eigenvalue weighted by atomic mass is 9.83. The zero-order valence-electron chi connectivity index (χ0n) is 24.7. The standard InChI is InChI=1S/C35H41FN4O2/c1-24-12-15-27(23-31(24)39-20-5-6-21-39)37-34(41)29-10-8-22-40(35(42)32-25(2)9-7-11-30(32)36)33(29)26-13-16-28(17-14-26)38-18-3-4-19-38/h7,9,11-17,23,29,33H,3-6,8,10,18-22H2,1-2H3,(H,37,41)/t29?,33-/m0/s1. The second kappa shape index (κ2) is 12.2. The lowest BCUT2D eigenvalue weighted by Gasteiger charge is -2.41. The SMILES string of the molecule is Cc1ccc(NC(=O)C2CCCN(C(=O)c3c(C)cccc3F)[C@H]2c2ccc(N3CCCC3)cc2)cc1N1CCCC1. The van der Waals surface area contributed by atoms with Gasteiger partial charge >= 0.3 is 0 Å². The lowest BCUT2D eigenvalue weighted by molar-refractivity contribution is -0.123.